The lowest BCUT2D eigenvalue weighted by atomic mass is 10.1. The van der Waals surface area contributed by atoms with Crippen molar-refractivity contribution in [3.63, 3.8) is 0 Å². The Morgan fingerprint density at radius 2 is 1.61 bits per heavy atom. The molecule has 7 heteroatoms. The monoisotopic (exact) mass is 396 g/mol. The van der Waals surface area contributed by atoms with Gasteiger partial charge in [-0.2, -0.15) is 0 Å². The highest BCUT2D eigenvalue weighted by Crippen LogP contribution is 2.22. The van der Waals surface area contributed by atoms with Crippen molar-refractivity contribution in [1.29, 1.82) is 0 Å². The van der Waals surface area contributed by atoms with Crippen molar-refractivity contribution in [2.45, 2.75) is 0 Å². The second kappa shape index (κ2) is 9.53. The molecule has 3 rings (SSSR count). The van der Waals surface area contributed by atoms with E-state index in [-0.39, 0.29) is 11.8 Å². The Kier molecular flexibility index (Phi) is 6.59. The fourth-order valence-electron chi connectivity index (χ4n) is 2.37. The molecule has 0 unspecified atom stereocenters. The highest BCUT2D eigenvalue weighted by molar-refractivity contribution is 6.32. The number of amides is 1. The maximum Gasteiger partial charge on any atom is 0.344 e. The van der Waals surface area contributed by atoms with Gasteiger partial charge in [0.15, 0.2) is 18.4 Å². The number of esters is 1. The minimum absolute atomic E-state index is 0.157. The van der Waals surface area contributed by atoms with Crippen molar-refractivity contribution in [2.75, 3.05) is 18.5 Å². The molecule has 0 aliphatic carbocycles. The molecule has 0 atom stereocenters. The molecule has 1 aromatic heterocycles. The van der Waals surface area contributed by atoms with E-state index in [1.807, 2.05) is 42.5 Å². The summed E-state index contributed by atoms with van der Waals surface area (Å²) in [5.74, 6) is -0.641. The predicted molar refractivity (Wildman–Crippen MR) is 106 cm³/mol. The topological polar surface area (TPSA) is 77.5 Å². The van der Waals surface area contributed by atoms with E-state index in [1.54, 1.807) is 24.3 Å². The van der Waals surface area contributed by atoms with Gasteiger partial charge in [-0.3, -0.25) is 4.79 Å². The van der Waals surface area contributed by atoms with Crippen LogP contribution in [-0.2, 0) is 14.3 Å². The van der Waals surface area contributed by atoms with Gasteiger partial charge in [0.2, 0.25) is 0 Å². The summed E-state index contributed by atoms with van der Waals surface area (Å²) in [5, 5.41) is 2.67. The van der Waals surface area contributed by atoms with Crippen molar-refractivity contribution < 1.29 is 19.1 Å². The van der Waals surface area contributed by atoms with Crippen molar-refractivity contribution in [3.8, 4) is 16.9 Å². The molecule has 1 N–H and O–H groups in total. The second-order valence-corrected chi connectivity index (χ2v) is 6.09. The number of aromatic nitrogens is 1. The molecule has 0 radical (unpaired) electrons. The van der Waals surface area contributed by atoms with Crippen LogP contribution in [0.2, 0.25) is 5.15 Å². The molecule has 28 heavy (non-hydrogen) atoms. The minimum atomic E-state index is -0.653. The van der Waals surface area contributed by atoms with Gasteiger partial charge in [-0.1, -0.05) is 54.1 Å². The third-order valence-corrected chi connectivity index (χ3v) is 4.02. The molecule has 1 heterocycles. The van der Waals surface area contributed by atoms with E-state index < -0.39 is 18.5 Å². The number of carbonyl (C=O) groups is 2. The highest BCUT2D eigenvalue weighted by atomic mass is 35.5. The number of anilines is 1. The summed E-state index contributed by atoms with van der Waals surface area (Å²) >= 11 is 5.85. The van der Waals surface area contributed by atoms with Crippen LogP contribution in [0.1, 0.15) is 0 Å². The molecule has 0 saturated heterocycles. The average molecular weight is 397 g/mol. The molecule has 0 saturated carbocycles. The zero-order valence-corrected chi connectivity index (χ0v) is 15.6. The number of hydrogen-bond acceptors (Lipinski definition) is 5. The Morgan fingerprint density at radius 1 is 0.893 bits per heavy atom. The number of nitrogens with zero attached hydrogens (tertiary/aromatic N) is 1. The van der Waals surface area contributed by atoms with E-state index in [0.717, 1.165) is 11.1 Å². The van der Waals surface area contributed by atoms with Crippen molar-refractivity contribution in [1.82, 2.24) is 4.98 Å². The fourth-order valence-corrected chi connectivity index (χ4v) is 2.54. The van der Waals surface area contributed by atoms with Crippen molar-refractivity contribution in [2.24, 2.45) is 0 Å². The van der Waals surface area contributed by atoms with E-state index in [4.69, 9.17) is 21.1 Å². The SMILES string of the molecule is O=C(COC(=O)COc1ccc(-c2ccccc2)cc1)Nc1cccnc1Cl. The summed E-state index contributed by atoms with van der Waals surface area (Å²) in [5.41, 5.74) is 2.48. The summed E-state index contributed by atoms with van der Waals surface area (Å²) in [6.07, 6.45) is 1.50. The van der Waals surface area contributed by atoms with Gasteiger partial charge in [-0.05, 0) is 35.4 Å². The number of ether oxygens (including phenoxy) is 2. The number of benzene rings is 2. The van der Waals surface area contributed by atoms with Gasteiger partial charge in [-0.15, -0.1) is 0 Å². The van der Waals surface area contributed by atoms with Crippen LogP contribution >= 0.6 is 11.6 Å². The van der Waals surface area contributed by atoms with Gasteiger partial charge in [0.25, 0.3) is 5.91 Å². The van der Waals surface area contributed by atoms with Crippen LogP contribution in [0.15, 0.2) is 72.9 Å². The number of rotatable bonds is 7. The highest BCUT2D eigenvalue weighted by Gasteiger charge is 2.10. The lowest BCUT2D eigenvalue weighted by molar-refractivity contribution is -0.149. The quantitative estimate of drug-likeness (QED) is 0.483. The molecule has 0 bridgehead atoms. The average Bonchev–Trinajstić information content (AvgIpc) is 2.73. The molecule has 0 aliphatic heterocycles. The number of halogens is 1. The molecular weight excluding hydrogens is 380 g/mol. The van der Waals surface area contributed by atoms with E-state index in [2.05, 4.69) is 10.3 Å². The first kappa shape index (κ1) is 19.4. The van der Waals surface area contributed by atoms with Crippen molar-refractivity contribution >= 4 is 29.2 Å². The molecule has 0 fully saturated rings. The minimum Gasteiger partial charge on any atom is -0.482 e. The maximum atomic E-state index is 11.8. The van der Waals surface area contributed by atoms with E-state index in [9.17, 15) is 9.59 Å². The molecule has 0 spiro atoms. The second-order valence-electron chi connectivity index (χ2n) is 5.73. The zero-order chi connectivity index (χ0) is 19.8. The van der Waals surface area contributed by atoms with Gasteiger partial charge in [0, 0.05) is 6.20 Å². The Morgan fingerprint density at radius 3 is 2.32 bits per heavy atom. The van der Waals surface area contributed by atoms with Gasteiger partial charge in [0.1, 0.15) is 5.75 Å². The summed E-state index contributed by atoms with van der Waals surface area (Å²) in [7, 11) is 0. The first-order valence-corrected chi connectivity index (χ1v) is 8.84. The third-order valence-electron chi connectivity index (χ3n) is 3.72. The Labute approximate surface area is 167 Å². The first-order chi connectivity index (χ1) is 13.6. The summed E-state index contributed by atoms with van der Waals surface area (Å²) < 4.78 is 10.3. The third kappa shape index (κ3) is 5.56. The normalized spacial score (nSPS) is 10.2. The van der Waals surface area contributed by atoms with Crippen LogP contribution in [0.5, 0.6) is 5.75 Å². The van der Waals surface area contributed by atoms with Crippen LogP contribution in [-0.4, -0.2) is 30.1 Å². The van der Waals surface area contributed by atoms with Gasteiger partial charge in [-0.25, -0.2) is 9.78 Å². The van der Waals surface area contributed by atoms with Crippen LogP contribution in [0.4, 0.5) is 5.69 Å². The Balaban J connectivity index is 1.43. The van der Waals surface area contributed by atoms with Gasteiger partial charge < -0.3 is 14.8 Å². The van der Waals surface area contributed by atoms with Crippen LogP contribution in [0, 0.1) is 0 Å². The smallest absolute Gasteiger partial charge is 0.344 e. The number of pyridine rings is 1. The van der Waals surface area contributed by atoms with E-state index in [1.165, 1.54) is 6.20 Å². The lowest BCUT2D eigenvalue weighted by Crippen LogP contribution is -2.23. The Bertz CT molecular complexity index is 946. The molecule has 2 aromatic carbocycles. The zero-order valence-electron chi connectivity index (χ0n) is 14.8. The van der Waals surface area contributed by atoms with Crippen LogP contribution < -0.4 is 10.1 Å². The molecule has 1 amide bonds. The van der Waals surface area contributed by atoms with Crippen molar-refractivity contribution in [3.05, 3.63) is 78.1 Å². The number of nitrogens with one attached hydrogen (secondary N) is 1. The summed E-state index contributed by atoms with van der Waals surface area (Å²) in [6.45, 7) is -0.744. The predicted octanol–water partition coefficient (Wildman–Crippen LogP) is 3.96. The molecule has 6 nitrogen and oxygen atoms in total. The number of hydrogen-bond donors (Lipinski definition) is 1. The van der Waals surface area contributed by atoms with Gasteiger partial charge >= 0.3 is 5.97 Å². The Hall–Kier alpha value is -3.38. The summed E-state index contributed by atoms with van der Waals surface area (Å²) in [6, 6.07) is 20.5. The van der Waals surface area contributed by atoms with Crippen LogP contribution in [0.25, 0.3) is 11.1 Å². The first-order valence-electron chi connectivity index (χ1n) is 8.46. The fraction of sp³-hybridized carbons (Fsp3) is 0.0952. The van der Waals surface area contributed by atoms with Gasteiger partial charge in [0.05, 0.1) is 5.69 Å². The summed E-state index contributed by atoms with van der Waals surface area (Å²) in [4.78, 5) is 27.4. The molecule has 3 aromatic rings. The largest absolute Gasteiger partial charge is 0.482 e. The molecule has 0 aliphatic rings. The van der Waals surface area contributed by atoms with Crippen LogP contribution in [0.3, 0.4) is 0 Å². The molecular formula is C21H17ClN2O4. The molecule has 142 valence electrons. The number of carbonyl (C=O) groups excluding carboxylic acids is 2. The lowest BCUT2D eigenvalue weighted by Gasteiger charge is -2.09. The van der Waals surface area contributed by atoms with E-state index >= 15 is 0 Å². The maximum absolute atomic E-state index is 11.8. The van der Waals surface area contributed by atoms with E-state index in [0.29, 0.717) is 11.4 Å². The standard InChI is InChI=1S/C21H17ClN2O4/c22-21-18(7-4-12-23-21)24-19(25)13-28-20(26)14-27-17-10-8-16(9-11-17)15-5-2-1-3-6-15/h1-12H,13-14H2,(H,24,25).